The van der Waals surface area contributed by atoms with E-state index in [0.717, 1.165) is 36.1 Å². The van der Waals surface area contributed by atoms with Crippen LogP contribution in [0.15, 0.2) is 18.2 Å². The van der Waals surface area contributed by atoms with Gasteiger partial charge in [0.2, 0.25) is 0 Å². The Balaban J connectivity index is 2.22. The normalized spacial score (nSPS) is 14.9. The second kappa shape index (κ2) is 3.71. The van der Waals surface area contributed by atoms with Gasteiger partial charge in [0.1, 0.15) is 5.75 Å². The number of hydrogen-bond donors (Lipinski definition) is 0. The Morgan fingerprint density at radius 3 is 2.86 bits per heavy atom. The summed E-state index contributed by atoms with van der Waals surface area (Å²) in [6.45, 7) is 2.05. The van der Waals surface area contributed by atoms with E-state index < -0.39 is 0 Å². The number of nitrogens with zero attached hydrogens (tertiary/aromatic N) is 1. The summed E-state index contributed by atoms with van der Waals surface area (Å²) in [6, 6.07) is 7.98. The molecule has 0 radical (unpaired) electrons. The zero-order chi connectivity index (χ0) is 9.97. The second-order valence-electron chi connectivity index (χ2n) is 3.60. The monoisotopic (exact) mass is 187 g/mol. The van der Waals surface area contributed by atoms with Gasteiger partial charge in [-0.15, -0.1) is 0 Å². The molecule has 1 fully saturated rings. The van der Waals surface area contributed by atoms with Crippen LogP contribution in [0.1, 0.15) is 30.9 Å². The first-order chi connectivity index (χ1) is 6.83. The summed E-state index contributed by atoms with van der Waals surface area (Å²) in [4.78, 5) is 0. The van der Waals surface area contributed by atoms with Crippen molar-refractivity contribution in [2.24, 2.45) is 0 Å². The molecule has 0 N–H and O–H groups in total. The standard InChI is InChI=1S/C12H13NO/c1-2-9-3-4-12(7-10(9)8-13)14-11-5-6-11/h3-4,7,11H,2,5-6H2,1H3. The van der Waals surface area contributed by atoms with Crippen molar-refractivity contribution >= 4 is 0 Å². The summed E-state index contributed by atoms with van der Waals surface area (Å²) in [7, 11) is 0. The Morgan fingerprint density at radius 2 is 2.29 bits per heavy atom. The Morgan fingerprint density at radius 1 is 1.50 bits per heavy atom. The predicted octanol–water partition coefficient (Wildman–Crippen LogP) is 2.66. The fourth-order valence-corrected chi connectivity index (χ4v) is 1.42. The molecule has 0 bridgehead atoms. The van der Waals surface area contributed by atoms with Gasteiger partial charge in [-0.25, -0.2) is 0 Å². The Kier molecular flexibility index (Phi) is 2.41. The molecule has 72 valence electrons. The van der Waals surface area contributed by atoms with Crippen LogP contribution >= 0.6 is 0 Å². The lowest BCUT2D eigenvalue weighted by Crippen LogP contribution is -1.97. The minimum atomic E-state index is 0.397. The van der Waals surface area contributed by atoms with Crippen LogP contribution in [0.2, 0.25) is 0 Å². The lowest BCUT2D eigenvalue weighted by atomic mass is 10.1. The van der Waals surface area contributed by atoms with Crippen LogP contribution in [0, 0.1) is 11.3 Å². The van der Waals surface area contributed by atoms with Crippen LogP contribution in [-0.4, -0.2) is 6.10 Å². The molecule has 1 saturated carbocycles. The quantitative estimate of drug-likeness (QED) is 0.728. The van der Waals surface area contributed by atoms with E-state index in [1.807, 2.05) is 18.2 Å². The average molecular weight is 187 g/mol. The molecule has 2 heteroatoms. The molecule has 1 aliphatic rings. The van der Waals surface area contributed by atoms with Crippen LogP contribution in [0.5, 0.6) is 5.75 Å². The SMILES string of the molecule is CCc1ccc(OC2CC2)cc1C#N. The number of benzene rings is 1. The van der Waals surface area contributed by atoms with E-state index in [4.69, 9.17) is 10.00 Å². The molecular weight excluding hydrogens is 174 g/mol. The summed E-state index contributed by atoms with van der Waals surface area (Å²) in [6.07, 6.45) is 3.59. The van der Waals surface area contributed by atoms with Crippen LogP contribution in [0.4, 0.5) is 0 Å². The van der Waals surface area contributed by atoms with Crippen molar-refractivity contribution in [1.82, 2.24) is 0 Å². The van der Waals surface area contributed by atoms with Gasteiger partial charge in [0.15, 0.2) is 0 Å². The third kappa shape index (κ3) is 1.88. The molecule has 0 aromatic heterocycles. The first-order valence-electron chi connectivity index (χ1n) is 5.03. The largest absolute Gasteiger partial charge is 0.490 e. The first-order valence-corrected chi connectivity index (χ1v) is 5.03. The van der Waals surface area contributed by atoms with Gasteiger partial charge in [-0.2, -0.15) is 5.26 Å². The lowest BCUT2D eigenvalue weighted by molar-refractivity contribution is 0.303. The summed E-state index contributed by atoms with van der Waals surface area (Å²) in [5.41, 5.74) is 1.83. The molecule has 0 aliphatic heterocycles. The Bertz CT molecular complexity index is 374. The highest BCUT2D eigenvalue weighted by molar-refractivity contribution is 5.43. The molecule has 2 rings (SSSR count). The highest BCUT2D eigenvalue weighted by Crippen LogP contribution is 2.27. The zero-order valence-electron chi connectivity index (χ0n) is 8.29. The van der Waals surface area contributed by atoms with E-state index in [1.165, 1.54) is 0 Å². The van der Waals surface area contributed by atoms with Crippen molar-refractivity contribution in [3.8, 4) is 11.8 Å². The molecule has 0 saturated heterocycles. The maximum atomic E-state index is 8.92. The average Bonchev–Trinajstić information content (AvgIpc) is 3.01. The summed E-state index contributed by atoms with van der Waals surface area (Å²) >= 11 is 0. The van der Waals surface area contributed by atoms with E-state index in [9.17, 15) is 0 Å². The maximum Gasteiger partial charge on any atom is 0.121 e. The van der Waals surface area contributed by atoms with Crippen molar-refractivity contribution in [2.75, 3.05) is 0 Å². The maximum absolute atomic E-state index is 8.92. The molecule has 0 spiro atoms. The number of rotatable bonds is 3. The van der Waals surface area contributed by atoms with Gasteiger partial charge in [0.25, 0.3) is 0 Å². The number of hydrogen-bond acceptors (Lipinski definition) is 2. The van der Waals surface area contributed by atoms with Crippen LogP contribution in [-0.2, 0) is 6.42 Å². The van der Waals surface area contributed by atoms with E-state index in [-0.39, 0.29) is 0 Å². The molecule has 14 heavy (non-hydrogen) atoms. The van der Waals surface area contributed by atoms with Crippen LogP contribution < -0.4 is 4.74 Å². The predicted molar refractivity (Wildman–Crippen MR) is 54.2 cm³/mol. The minimum absolute atomic E-state index is 0.397. The molecule has 0 atom stereocenters. The van der Waals surface area contributed by atoms with E-state index >= 15 is 0 Å². The van der Waals surface area contributed by atoms with E-state index in [1.54, 1.807) is 0 Å². The van der Waals surface area contributed by atoms with Crippen molar-refractivity contribution < 1.29 is 4.74 Å². The van der Waals surface area contributed by atoms with Gasteiger partial charge in [-0.05, 0) is 37.0 Å². The molecule has 0 amide bonds. The van der Waals surface area contributed by atoms with Crippen molar-refractivity contribution in [2.45, 2.75) is 32.3 Å². The van der Waals surface area contributed by atoms with E-state index in [2.05, 4.69) is 13.0 Å². The summed E-state index contributed by atoms with van der Waals surface area (Å²) in [5, 5.41) is 8.92. The molecule has 1 aromatic rings. The first kappa shape index (κ1) is 9.08. The summed E-state index contributed by atoms with van der Waals surface area (Å²) in [5.74, 6) is 0.834. The number of ether oxygens (including phenoxy) is 1. The lowest BCUT2D eigenvalue weighted by Gasteiger charge is -2.06. The van der Waals surface area contributed by atoms with Gasteiger partial charge in [-0.3, -0.25) is 0 Å². The highest BCUT2D eigenvalue weighted by atomic mass is 16.5. The zero-order valence-corrected chi connectivity index (χ0v) is 8.29. The van der Waals surface area contributed by atoms with Crippen LogP contribution in [0.25, 0.3) is 0 Å². The molecular formula is C12H13NO. The van der Waals surface area contributed by atoms with Crippen molar-refractivity contribution in [3.63, 3.8) is 0 Å². The highest BCUT2D eigenvalue weighted by Gasteiger charge is 2.23. The van der Waals surface area contributed by atoms with E-state index in [0.29, 0.717) is 6.10 Å². The summed E-state index contributed by atoms with van der Waals surface area (Å²) < 4.78 is 5.62. The second-order valence-corrected chi connectivity index (χ2v) is 3.60. The van der Waals surface area contributed by atoms with Crippen molar-refractivity contribution in [1.29, 1.82) is 5.26 Å². The van der Waals surface area contributed by atoms with Gasteiger partial charge in [-0.1, -0.05) is 13.0 Å². The van der Waals surface area contributed by atoms with Gasteiger partial charge >= 0.3 is 0 Å². The number of nitriles is 1. The molecule has 2 nitrogen and oxygen atoms in total. The molecule has 0 unspecified atom stereocenters. The Labute approximate surface area is 84.1 Å². The third-order valence-corrected chi connectivity index (χ3v) is 2.41. The van der Waals surface area contributed by atoms with Crippen LogP contribution in [0.3, 0.4) is 0 Å². The van der Waals surface area contributed by atoms with Crippen molar-refractivity contribution in [3.05, 3.63) is 29.3 Å². The van der Waals surface area contributed by atoms with Gasteiger partial charge < -0.3 is 4.74 Å². The van der Waals surface area contributed by atoms with Gasteiger partial charge in [0.05, 0.1) is 17.7 Å². The third-order valence-electron chi connectivity index (χ3n) is 2.41. The topological polar surface area (TPSA) is 33.0 Å². The molecule has 1 aromatic carbocycles. The fourth-order valence-electron chi connectivity index (χ4n) is 1.42. The number of aryl methyl sites for hydroxylation is 1. The minimum Gasteiger partial charge on any atom is -0.490 e. The molecule has 0 heterocycles. The fraction of sp³-hybridized carbons (Fsp3) is 0.417. The smallest absolute Gasteiger partial charge is 0.121 e. The Hall–Kier alpha value is -1.49. The molecule has 1 aliphatic carbocycles. The van der Waals surface area contributed by atoms with Gasteiger partial charge in [0, 0.05) is 0 Å².